The number of thiazole rings is 1. The van der Waals surface area contributed by atoms with Crippen LogP contribution in [0.5, 0.6) is 0 Å². The van der Waals surface area contributed by atoms with E-state index < -0.39 is 0 Å². The zero-order valence-corrected chi connectivity index (χ0v) is 5.82. The van der Waals surface area contributed by atoms with Crippen LogP contribution in [0.25, 0.3) is 0 Å². The van der Waals surface area contributed by atoms with Crippen molar-refractivity contribution in [3.8, 4) is 0 Å². The van der Waals surface area contributed by atoms with Crippen LogP contribution in [0.2, 0.25) is 0 Å². The van der Waals surface area contributed by atoms with Crippen LogP contribution in [0.1, 0.15) is 0 Å². The van der Waals surface area contributed by atoms with E-state index in [1.54, 1.807) is 17.5 Å². The predicted octanol–water partition coefficient (Wildman–Crippen LogP) is 0.514. The van der Waals surface area contributed by atoms with Crippen molar-refractivity contribution in [3.05, 3.63) is 11.6 Å². The third-order valence-corrected chi connectivity index (χ3v) is 1.58. The number of hydrogen-bond donors (Lipinski definition) is 2. The molecule has 50 valence electrons. The van der Waals surface area contributed by atoms with Crippen LogP contribution >= 0.6 is 11.3 Å². The Morgan fingerprint density at radius 1 is 1.78 bits per heavy atom. The molecule has 0 spiro atoms. The molecule has 0 aliphatic carbocycles. The molecule has 1 rings (SSSR count). The highest BCUT2D eigenvalue weighted by Crippen LogP contribution is 2.08. The molecule has 0 amide bonds. The summed E-state index contributed by atoms with van der Waals surface area (Å²) in [6.45, 7) is 1.45. The van der Waals surface area contributed by atoms with Gasteiger partial charge >= 0.3 is 0 Å². The molecule has 0 aliphatic heterocycles. The van der Waals surface area contributed by atoms with E-state index in [2.05, 4.69) is 10.3 Å². The van der Waals surface area contributed by atoms with Crippen molar-refractivity contribution >= 4 is 16.5 Å². The van der Waals surface area contributed by atoms with Crippen molar-refractivity contribution in [2.75, 3.05) is 18.4 Å². The summed E-state index contributed by atoms with van der Waals surface area (Å²) in [5.74, 6) is 0. The number of nitrogens with one attached hydrogen (secondary N) is 1. The van der Waals surface area contributed by atoms with Gasteiger partial charge in [-0.2, -0.15) is 0 Å². The lowest BCUT2D eigenvalue weighted by Gasteiger charge is -1.95. The highest BCUT2D eigenvalue weighted by Gasteiger charge is 1.88. The van der Waals surface area contributed by atoms with E-state index >= 15 is 0 Å². The van der Waals surface area contributed by atoms with Crippen molar-refractivity contribution in [3.63, 3.8) is 0 Å². The van der Waals surface area contributed by atoms with Crippen LogP contribution < -0.4 is 11.1 Å². The molecule has 0 unspecified atom stereocenters. The van der Waals surface area contributed by atoms with E-state index in [-0.39, 0.29) is 0 Å². The molecular weight excluding hydrogens is 134 g/mol. The Balaban J connectivity index is 2.30. The van der Waals surface area contributed by atoms with Crippen molar-refractivity contribution in [1.29, 1.82) is 0 Å². The average molecular weight is 143 g/mol. The summed E-state index contributed by atoms with van der Waals surface area (Å²) in [6, 6.07) is 0. The van der Waals surface area contributed by atoms with E-state index in [1.807, 2.05) is 5.38 Å². The monoisotopic (exact) mass is 143 g/mol. The minimum Gasteiger partial charge on any atom is -0.360 e. The van der Waals surface area contributed by atoms with Crippen molar-refractivity contribution in [2.24, 2.45) is 5.73 Å². The fourth-order valence-electron chi connectivity index (χ4n) is 0.490. The first kappa shape index (κ1) is 6.51. The van der Waals surface area contributed by atoms with E-state index in [0.717, 1.165) is 11.7 Å². The third kappa shape index (κ3) is 1.99. The van der Waals surface area contributed by atoms with Gasteiger partial charge in [0.1, 0.15) is 0 Å². The summed E-state index contributed by atoms with van der Waals surface area (Å²) in [5, 5.41) is 5.93. The minimum atomic E-state index is 0.652. The first-order valence-electron chi connectivity index (χ1n) is 2.77. The molecule has 0 saturated carbocycles. The summed E-state index contributed by atoms with van der Waals surface area (Å²) >= 11 is 1.59. The molecule has 1 heterocycles. The van der Waals surface area contributed by atoms with Crippen molar-refractivity contribution in [1.82, 2.24) is 4.98 Å². The third-order valence-electron chi connectivity index (χ3n) is 0.853. The minimum absolute atomic E-state index is 0.652. The standard InChI is InChI=1S/C5H9N3S/c6-1-2-7-5-8-3-4-9-5/h3-4H,1-2,6H2,(H,7,8). The number of nitrogens with zero attached hydrogens (tertiary/aromatic N) is 1. The van der Waals surface area contributed by atoms with E-state index in [9.17, 15) is 0 Å². The molecule has 1 aromatic rings. The molecule has 0 atom stereocenters. The summed E-state index contributed by atoms with van der Waals surface area (Å²) in [7, 11) is 0. The van der Waals surface area contributed by atoms with Crippen LogP contribution in [0, 0.1) is 0 Å². The van der Waals surface area contributed by atoms with Crippen LogP contribution in [0.15, 0.2) is 11.6 Å². The van der Waals surface area contributed by atoms with Gasteiger partial charge in [0.2, 0.25) is 0 Å². The fourth-order valence-corrected chi connectivity index (χ4v) is 1.05. The van der Waals surface area contributed by atoms with Crippen molar-refractivity contribution < 1.29 is 0 Å². The van der Waals surface area contributed by atoms with Gasteiger partial charge in [0.25, 0.3) is 0 Å². The fraction of sp³-hybridized carbons (Fsp3) is 0.400. The topological polar surface area (TPSA) is 50.9 Å². The van der Waals surface area contributed by atoms with Gasteiger partial charge in [0, 0.05) is 24.7 Å². The lowest BCUT2D eigenvalue weighted by molar-refractivity contribution is 1.02. The maximum absolute atomic E-state index is 5.26. The number of nitrogens with two attached hydrogens (primary N) is 1. The van der Waals surface area contributed by atoms with Crippen LogP contribution in [0.3, 0.4) is 0 Å². The number of rotatable bonds is 3. The molecule has 9 heavy (non-hydrogen) atoms. The van der Waals surface area contributed by atoms with Gasteiger partial charge in [-0.05, 0) is 0 Å². The van der Waals surface area contributed by atoms with Gasteiger partial charge < -0.3 is 11.1 Å². The lowest BCUT2D eigenvalue weighted by atomic mass is 10.7. The Kier molecular flexibility index (Phi) is 2.48. The van der Waals surface area contributed by atoms with Crippen LogP contribution in [-0.2, 0) is 0 Å². The summed E-state index contributed by atoms with van der Waals surface area (Å²) in [5.41, 5.74) is 5.26. The Bertz CT molecular complexity index is 149. The maximum Gasteiger partial charge on any atom is 0.182 e. The number of aromatic nitrogens is 1. The average Bonchev–Trinajstić information content (AvgIpc) is 2.34. The first-order valence-corrected chi connectivity index (χ1v) is 3.65. The second kappa shape index (κ2) is 3.42. The zero-order valence-electron chi connectivity index (χ0n) is 5.00. The molecule has 0 radical (unpaired) electrons. The normalized spacial score (nSPS) is 9.44. The smallest absolute Gasteiger partial charge is 0.182 e. The Morgan fingerprint density at radius 3 is 3.22 bits per heavy atom. The highest BCUT2D eigenvalue weighted by molar-refractivity contribution is 7.13. The second-order valence-corrected chi connectivity index (χ2v) is 2.45. The van der Waals surface area contributed by atoms with E-state index in [0.29, 0.717) is 6.54 Å². The van der Waals surface area contributed by atoms with Crippen LogP contribution in [-0.4, -0.2) is 18.1 Å². The van der Waals surface area contributed by atoms with Gasteiger partial charge in [-0.15, -0.1) is 11.3 Å². The molecule has 4 heteroatoms. The number of hydrogen-bond acceptors (Lipinski definition) is 4. The molecule has 3 N–H and O–H groups in total. The predicted molar refractivity (Wildman–Crippen MR) is 39.7 cm³/mol. The molecule has 0 fully saturated rings. The van der Waals surface area contributed by atoms with E-state index in [4.69, 9.17) is 5.73 Å². The maximum atomic E-state index is 5.26. The Labute approximate surface area is 57.9 Å². The van der Waals surface area contributed by atoms with Crippen molar-refractivity contribution in [2.45, 2.75) is 0 Å². The summed E-state index contributed by atoms with van der Waals surface area (Å²) in [6.07, 6.45) is 1.77. The molecule has 0 aliphatic rings. The SMILES string of the molecule is NCCNc1nccs1. The summed E-state index contributed by atoms with van der Waals surface area (Å²) in [4.78, 5) is 4.01. The molecular formula is C5H9N3S. The molecule has 0 aromatic carbocycles. The second-order valence-electron chi connectivity index (χ2n) is 1.55. The van der Waals surface area contributed by atoms with E-state index in [1.165, 1.54) is 0 Å². The van der Waals surface area contributed by atoms with Gasteiger partial charge in [-0.3, -0.25) is 0 Å². The van der Waals surface area contributed by atoms with Gasteiger partial charge in [0.15, 0.2) is 5.13 Å². The quantitative estimate of drug-likeness (QED) is 0.648. The lowest BCUT2D eigenvalue weighted by Crippen LogP contribution is -2.12. The van der Waals surface area contributed by atoms with Gasteiger partial charge in [-0.1, -0.05) is 0 Å². The van der Waals surface area contributed by atoms with Gasteiger partial charge in [-0.25, -0.2) is 4.98 Å². The Hall–Kier alpha value is -0.610. The largest absolute Gasteiger partial charge is 0.360 e. The number of anilines is 1. The molecule has 1 aromatic heterocycles. The molecule has 0 bridgehead atoms. The highest BCUT2D eigenvalue weighted by atomic mass is 32.1. The summed E-state index contributed by atoms with van der Waals surface area (Å²) < 4.78 is 0. The first-order chi connectivity index (χ1) is 4.43. The zero-order chi connectivity index (χ0) is 6.53. The van der Waals surface area contributed by atoms with Gasteiger partial charge in [0.05, 0.1) is 0 Å². The Morgan fingerprint density at radius 2 is 2.67 bits per heavy atom. The molecule has 0 saturated heterocycles. The molecule has 3 nitrogen and oxygen atoms in total. The van der Waals surface area contributed by atoms with Crippen LogP contribution in [0.4, 0.5) is 5.13 Å².